The highest BCUT2D eigenvalue weighted by atomic mass is 16.1. The number of hydrogen-bond donors (Lipinski definition) is 1. The van der Waals surface area contributed by atoms with Crippen molar-refractivity contribution in [2.45, 2.75) is 47.1 Å². The lowest BCUT2D eigenvalue weighted by atomic mass is 9.84. The zero-order chi connectivity index (χ0) is 16.0. The highest BCUT2D eigenvalue weighted by molar-refractivity contribution is 5.89. The predicted octanol–water partition coefficient (Wildman–Crippen LogP) is 4.35. The van der Waals surface area contributed by atoms with Gasteiger partial charge in [-0.15, -0.1) is 0 Å². The number of benzene rings is 2. The second-order valence-corrected chi connectivity index (χ2v) is 6.11. The van der Waals surface area contributed by atoms with Gasteiger partial charge in [0, 0.05) is 5.41 Å². The molecule has 2 N–H and O–H groups in total. The first-order chi connectivity index (χ1) is 9.88. The fraction of sp³-hybridized carbons (Fsp3) is 0.421. The summed E-state index contributed by atoms with van der Waals surface area (Å²) in [6.45, 7) is 9.74. The summed E-state index contributed by atoms with van der Waals surface area (Å²) in [7, 11) is 0. The minimum atomic E-state index is -0.429. The first-order valence-electron chi connectivity index (χ1n) is 7.65. The molecule has 1 unspecified atom stereocenters. The van der Waals surface area contributed by atoms with Crippen molar-refractivity contribution < 1.29 is 4.79 Å². The van der Waals surface area contributed by atoms with E-state index in [0.29, 0.717) is 6.42 Å². The van der Waals surface area contributed by atoms with Crippen molar-refractivity contribution in [1.29, 1.82) is 0 Å². The van der Waals surface area contributed by atoms with Crippen LogP contribution in [0.15, 0.2) is 42.5 Å². The number of fused-ring (bicyclic) bond motifs is 1. The van der Waals surface area contributed by atoms with Gasteiger partial charge in [0.25, 0.3) is 0 Å². The van der Waals surface area contributed by atoms with Gasteiger partial charge in [-0.3, -0.25) is 4.79 Å². The molecular weight excluding hydrogens is 258 g/mol. The predicted molar refractivity (Wildman–Crippen MR) is 91.4 cm³/mol. The number of nitrogens with two attached hydrogens (primary N) is 1. The summed E-state index contributed by atoms with van der Waals surface area (Å²) in [5, 5.41) is 2.40. The molecule has 2 nitrogen and oxygen atoms in total. The van der Waals surface area contributed by atoms with Gasteiger partial charge in [0.1, 0.15) is 0 Å². The highest BCUT2D eigenvalue weighted by Crippen LogP contribution is 2.20. The van der Waals surface area contributed by atoms with Gasteiger partial charge in [-0.25, -0.2) is 0 Å². The van der Waals surface area contributed by atoms with E-state index in [0.717, 1.165) is 5.56 Å². The average Bonchev–Trinajstić information content (AvgIpc) is 2.47. The molecule has 0 aromatic heterocycles. The van der Waals surface area contributed by atoms with Gasteiger partial charge in [0.15, 0.2) is 5.78 Å². The minimum Gasteiger partial charge on any atom is -0.321 e. The maximum absolute atomic E-state index is 12.1. The van der Waals surface area contributed by atoms with Gasteiger partial charge in [0.05, 0.1) is 6.04 Å². The SMILES string of the molecule is CC.CC(C)(C)C(=O)C(N)Cc1ccc2ccccc2c1. The van der Waals surface area contributed by atoms with Crippen molar-refractivity contribution in [3.05, 3.63) is 48.0 Å². The molecule has 2 heteroatoms. The summed E-state index contributed by atoms with van der Waals surface area (Å²) in [5.41, 5.74) is 6.77. The third-order valence-corrected chi connectivity index (χ3v) is 3.35. The second kappa shape index (κ2) is 7.37. The molecule has 114 valence electrons. The topological polar surface area (TPSA) is 43.1 Å². The van der Waals surface area contributed by atoms with Crippen molar-refractivity contribution in [1.82, 2.24) is 0 Å². The quantitative estimate of drug-likeness (QED) is 0.911. The summed E-state index contributed by atoms with van der Waals surface area (Å²) in [5.74, 6) is 0.112. The van der Waals surface area contributed by atoms with E-state index >= 15 is 0 Å². The molecule has 0 saturated heterocycles. The third-order valence-electron chi connectivity index (χ3n) is 3.35. The maximum Gasteiger partial charge on any atom is 0.155 e. The molecule has 21 heavy (non-hydrogen) atoms. The Morgan fingerprint density at radius 1 is 1.05 bits per heavy atom. The standard InChI is InChI=1S/C17H21NO.C2H6/c1-17(2,3)16(19)15(18)11-12-8-9-13-6-4-5-7-14(13)10-12;1-2/h4-10,15H,11,18H2,1-3H3;1-2H3. The summed E-state index contributed by atoms with van der Waals surface area (Å²) in [4.78, 5) is 12.1. The Hall–Kier alpha value is -1.67. The molecule has 0 bridgehead atoms. The largest absolute Gasteiger partial charge is 0.321 e. The molecule has 0 aliphatic rings. The van der Waals surface area contributed by atoms with Crippen LogP contribution in [-0.4, -0.2) is 11.8 Å². The fourth-order valence-electron chi connectivity index (χ4n) is 2.27. The Kier molecular flexibility index (Phi) is 6.10. The fourth-order valence-corrected chi connectivity index (χ4v) is 2.27. The average molecular weight is 285 g/mol. The van der Waals surface area contributed by atoms with E-state index < -0.39 is 6.04 Å². The van der Waals surface area contributed by atoms with Crippen molar-refractivity contribution in [2.75, 3.05) is 0 Å². The number of carbonyl (C=O) groups excluding carboxylic acids is 1. The number of rotatable bonds is 3. The Bertz CT molecular complexity index is 596. The number of hydrogen-bond acceptors (Lipinski definition) is 2. The molecule has 2 aromatic carbocycles. The zero-order valence-corrected chi connectivity index (χ0v) is 13.8. The van der Waals surface area contributed by atoms with Crippen molar-refractivity contribution >= 4 is 16.6 Å². The van der Waals surface area contributed by atoms with E-state index in [-0.39, 0.29) is 11.2 Å². The van der Waals surface area contributed by atoms with Crippen LogP contribution < -0.4 is 5.73 Å². The smallest absolute Gasteiger partial charge is 0.155 e. The van der Waals surface area contributed by atoms with Gasteiger partial charge in [-0.05, 0) is 22.8 Å². The Balaban J connectivity index is 0.00000106. The van der Waals surface area contributed by atoms with Crippen LogP contribution in [0.1, 0.15) is 40.2 Å². The lowest BCUT2D eigenvalue weighted by Crippen LogP contribution is -2.40. The lowest BCUT2D eigenvalue weighted by molar-refractivity contribution is -0.127. The maximum atomic E-state index is 12.1. The van der Waals surface area contributed by atoms with Crippen LogP contribution in [0.3, 0.4) is 0 Å². The minimum absolute atomic E-state index is 0.112. The number of ketones is 1. The van der Waals surface area contributed by atoms with Crippen LogP contribution in [0, 0.1) is 5.41 Å². The van der Waals surface area contributed by atoms with Crippen LogP contribution in [-0.2, 0) is 11.2 Å². The molecule has 0 saturated carbocycles. The molecule has 0 aliphatic carbocycles. The van der Waals surface area contributed by atoms with Crippen LogP contribution >= 0.6 is 0 Å². The second-order valence-electron chi connectivity index (χ2n) is 6.11. The molecule has 0 aliphatic heterocycles. The Morgan fingerprint density at radius 3 is 2.19 bits per heavy atom. The van der Waals surface area contributed by atoms with Crippen LogP contribution in [0.25, 0.3) is 10.8 Å². The lowest BCUT2D eigenvalue weighted by Gasteiger charge is -2.21. The molecular formula is C19H27NO. The summed E-state index contributed by atoms with van der Waals surface area (Å²) < 4.78 is 0. The van der Waals surface area contributed by atoms with Gasteiger partial charge >= 0.3 is 0 Å². The van der Waals surface area contributed by atoms with E-state index in [1.807, 2.05) is 46.8 Å². The van der Waals surface area contributed by atoms with Crippen LogP contribution in [0.5, 0.6) is 0 Å². The molecule has 0 radical (unpaired) electrons. The van der Waals surface area contributed by atoms with Crippen LogP contribution in [0.2, 0.25) is 0 Å². The molecule has 2 aromatic rings. The van der Waals surface area contributed by atoms with Crippen molar-refractivity contribution in [3.8, 4) is 0 Å². The van der Waals surface area contributed by atoms with E-state index in [9.17, 15) is 4.79 Å². The highest BCUT2D eigenvalue weighted by Gasteiger charge is 2.26. The summed E-state index contributed by atoms with van der Waals surface area (Å²) >= 11 is 0. The molecule has 0 spiro atoms. The van der Waals surface area contributed by atoms with E-state index in [4.69, 9.17) is 5.73 Å². The van der Waals surface area contributed by atoms with E-state index in [1.54, 1.807) is 0 Å². The number of carbonyl (C=O) groups is 1. The molecule has 0 amide bonds. The van der Waals surface area contributed by atoms with E-state index in [1.165, 1.54) is 10.8 Å². The first kappa shape index (κ1) is 17.4. The van der Waals surface area contributed by atoms with Gasteiger partial charge in [-0.1, -0.05) is 77.1 Å². The summed E-state index contributed by atoms with van der Waals surface area (Å²) in [6.07, 6.45) is 0.598. The zero-order valence-electron chi connectivity index (χ0n) is 13.8. The Labute approximate surface area is 128 Å². The Morgan fingerprint density at radius 2 is 1.62 bits per heavy atom. The van der Waals surface area contributed by atoms with Crippen molar-refractivity contribution in [2.24, 2.45) is 11.1 Å². The van der Waals surface area contributed by atoms with Gasteiger partial charge < -0.3 is 5.73 Å². The van der Waals surface area contributed by atoms with E-state index in [2.05, 4.69) is 30.3 Å². The monoisotopic (exact) mass is 285 g/mol. The normalized spacial score (nSPS) is 12.5. The van der Waals surface area contributed by atoms with Gasteiger partial charge in [-0.2, -0.15) is 0 Å². The van der Waals surface area contributed by atoms with Crippen molar-refractivity contribution in [3.63, 3.8) is 0 Å². The molecule has 0 heterocycles. The molecule has 0 fully saturated rings. The van der Waals surface area contributed by atoms with Gasteiger partial charge in [0.2, 0.25) is 0 Å². The third kappa shape index (κ3) is 4.68. The first-order valence-corrected chi connectivity index (χ1v) is 7.65. The molecule has 2 rings (SSSR count). The van der Waals surface area contributed by atoms with Crippen LogP contribution in [0.4, 0.5) is 0 Å². The number of Topliss-reactive ketones (excluding diaryl/α,β-unsaturated/α-hetero) is 1. The summed E-state index contributed by atoms with van der Waals surface area (Å²) in [6, 6.07) is 14.0. The molecule has 1 atom stereocenters.